The number of halogens is 1. The molecule has 0 spiro atoms. The number of benzene rings is 1. The zero-order chi connectivity index (χ0) is 10.7. The maximum Gasteiger partial charge on any atom is 0.0793 e. The number of aliphatic hydroxyl groups excluding tert-OH is 1. The van der Waals surface area contributed by atoms with Gasteiger partial charge in [0.25, 0.3) is 0 Å². The predicted octanol–water partition coefficient (Wildman–Crippen LogP) is 4.06. The highest BCUT2D eigenvalue weighted by atomic mass is 79.9. The smallest absolute Gasteiger partial charge is 0.0793 e. The Morgan fingerprint density at radius 3 is 2.73 bits per heavy atom. The molecule has 2 rings (SSSR count). The Hall–Kier alpha value is -0.340. The Labute approximate surface area is 99.6 Å². The minimum Gasteiger partial charge on any atom is -0.388 e. The van der Waals surface area contributed by atoms with Crippen LogP contribution >= 0.6 is 15.9 Å². The highest BCUT2D eigenvalue weighted by Gasteiger charge is 2.19. The zero-order valence-corrected chi connectivity index (χ0v) is 10.4. The largest absolute Gasteiger partial charge is 0.388 e. The molecule has 1 saturated carbocycles. The third-order valence-corrected chi connectivity index (χ3v) is 3.76. The van der Waals surface area contributed by atoms with Gasteiger partial charge >= 0.3 is 0 Å². The van der Waals surface area contributed by atoms with Crippen molar-refractivity contribution in [2.45, 2.75) is 38.2 Å². The molecule has 0 heterocycles. The maximum absolute atomic E-state index is 10.1. The van der Waals surface area contributed by atoms with Crippen LogP contribution in [0.25, 0.3) is 0 Å². The third-order valence-electron chi connectivity index (χ3n) is 3.26. The molecular weight excluding hydrogens is 252 g/mol. The van der Waals surface area contributed by atoms with Crippen LogP contribution in [-0.2, 0) is 0 Å². The van der Waals surface area contributed by atoms with Crippen molar-refractivity contribution < 1.29 is 5.11 Å². The van der Waals surface area contributed by atoms with E-state index in [9.17, 15) is 5.11 Å². The predicted molar refractivity (Wildman–Crippen MR) is 65.7 cm³/mol. The van der Waals surface area contributed by atoms with Gasteiger partial charge in [0, 0.05) is 4.47 Å². The van der Waals surface area contributed by atoms with Crippen molar-refractivity contribution in [1.29, 1.82) is 0 Å². The molecule has 1 aliphatic rings. The average Bonchev–Trinajstić information content (AvgIpc) is 2.70. The van der Waals surface area contributed by atoms with E-state index in [4.69, 9.17) is 0 Å². The second-order valence-corrected chi connectivity index (χ2v) is 5.37. The molecule has 0 aromatic heterocycles. The number of hydrogen-bond donors (Lipinski definition) is 1. The van der Waals surface area contributed by atoms with Gasteiger partial charge in [0.1, 0.15) is 0 Å². The van der Waals surface area contributed by atoms with E-state index in [1.165, 1.54) is 25.7 Å². The van der Waals surface area contributed by atoms with Gasteiger partial charge in [-0.15, -0.1) is 0 Å². The van der Waals surface area contributed by atoms with Gasteiger partial charge in [0.2, 0.25) is 0 Å². The minimum atomic E-state index is -0.286. The Bertz CT molecular complexity index is 318. The van der Waals surface area contributed by atoms with Gasteiger partial charge in [0.05, 0.1) is 6.10 Å². The minimum absolute atomic E-state index is 0.286. The monoisotopic (exact) mass is 268 g/mol. The van der Waals surface area contributed by atoms with Crippen molar-refractivity contribution in [1.82, 2.24) is 0 Å². The Morgan fingerprint density at radius 1 is 1.33 bits per heavy atom. The number of rotatable bonds is 3. The van der Waals surface area contributed by atoms with Crippen molar-refractivity contribution >= 4 is 15.9 Å². The second-order valence-electron chi connectivity index (χ2n) is 4.46. The maximum atomic E-state index is 10.1. The van der Waals surface area contributed by atoms with E-state index in [0.29, 0.717) is 0 Å². The van der Waals surface area contributed by atoms with Crippen LogP contribution in [0, 0.1) is 5.92 Å². The van der Waals surface area contributed by atoms with Gasteiger partial charge in [-0.3, -0.25) is 0 Å². The van der Waals surface area contributed by atoms with Crippen LogP contribution in [-0.4, -0.2) is 5.11 Å². The molecule has 1 unspecified atom stereocenters. The Kier molecular flexibility index (Phi) is 3.81. The van der Waals surface area contributed by atoms with Crippen molar-refractivity contribution in [2.24, 2.45) is 5.92 Å². The van der Waals surface area contributed by atoms with Crippen LogP contribution in [0.2, 0.25) is 0 Å². The van der Waals surface area contributed by atoms with Gasteiger partial charge in [-0.05, 0) is 30.0 Å². The zero-order valence-electron chi connectivity index (χ0n) is 8.82. The molecule has 82 valence electrons. The highest BCUT2D eigenvalue weighted by molar-refractivity contribution is 9.10. The molecule has 1 aromatic rings. The molecule has 2 heteroatoms. The normalized spacial score (nSPS) is 19.3. The molecule has 1 aromatic carbocycles. The molecule has 1 nitrogen and oxygen atoms in total. The van der Waals surface area contributed by atoms with Crippen molar-refractivity contribution in [2.75, 3.05) is 0 Å². The van der Waals surface area contributed by atoms with Crippen LogP contribution in [0.4, 0.5) is 0 Å². The molecule has 1 atom stereocenters. The average molecular weight is 269 g/mol. The quantitative estimate of drug-likeness (QED) is 0.877. The van der Waals surface area contributed by atoms with Crippen LogP contribution in [0.15, 0.2) is 28.7 Å². The molecular formula is C13H17BrO. The highest BCUT2D eigenvalue weighted by Crippen LogP contribution is 2.33. The number of aliphatic hydroxyl groups is 1. The van der Waals surface area contributed by atoms with E-state index in [2.05, 4.69) is 15.9 Å². The molecule has 0 bridgehead atoms. The fourth-order valence-electron chi connectivity index (χ4n) is 2.41. The lowest BCUT2D eigenvalue weighted by Gasteiger charge is -2.15. The Morgan fingerprint density at radius 2 is 2.07 bits per heavy atom. The van der Waals surface area contributed by atoms with E-state index in [0.717, 1.165) is 22.4 Å². The van der Waals surface area contributed by atoms with Gasteiger partial charge in [-0.2, -0.15) is 0 Å². The summed E-state index contributed by atoms with van der Waals surface area (Å²) in [6, 6.07) is 7.99. The fourth-order valence-corrected chi connectivity index (χ4v) is 2.83. The summed E-state index contributed by atoms with van der Waals surface area (Å²) < 4.78 is 1.05. The van der Waals surface area contributed by atoms with E-state index in [1.807, 2.05) is 24.3 Å². The summed E-state index contributed by atoms with van der Waals surface area (Å²) in [5.74, 6) is 0.735. The summed E-state index contributed by atoms with van der Waals surface area (Å²) in [7, 11) is 0. The fraction of sp³-hybridized carbons (Fsp3) is 0.538. The van der Waals surface area contributed by atoms with E-state index in [1.54, 1.807) is 0 Å². The summed E-state index contributed by atoms with van der Waals surface area (Å²) in [5.41, 5.74) is 1.04. The standard InChI is InChI=1S/C13H17BrO/c14-12-7-3-6-11(9-12)13(15)8-10-4-1-2-5-10/h3,6-7,9-10,13,15H,1-2,4-5,8H2. The van der Waals surface area contributed by atoms with Crippen LogP contribution in [0.5, 0.6) is 0 Å². The lowest BCUT2D eigenvalue weighted by molar-refractivity contribution is 0.145. The molecule has 15 heavy (non-hydrogen) atoms. The van der Waals surface area contributed by atoms with E-state index in [-0.39, 0.29) is 6.10 Å². The first-order valence-electron chi connectivity index (χ1n) is 5.69. The van der Waals surface area contributed by atoms with Crippen molar-refractivity contribution in [3.63, 3.8) is 0 Å². The first-order chi connectivity index (χ1) is 7.25. The molecule has 0 aliphatic heterocycles. The summed E-state index contributed by atoms with van der Waals surface area (Å²) in [5, 5.41) is 10.1. The summed E-state index contributed by atoms with van der Waals surface area (Å²) in [6.07, 6.45) is 5.92. The molecule has 1 aliphatic carbocycles. The van der Waals surface area contributed by atoms with Gasteiger partial charge in [0.15, 0.2) is 0 Å². The first kappa shape index (κ1) is 11.2. The number of hydrogen-bond acceptors (Lipinski definition) is 1. The van der Waals surface area contributed by atoms with Gasteiger partial charge < -0.3 is 5.11 Å². The molecule has 0 radical (unpaired) electrons. The molecule has 1 fully saturated rings. The van der Waals surface area contributed by atoms with Crippen molar-refractivity contribution in [3.05, 3.63) is 34.3 Å². The SMILES string of the molecule is OC(CC1CCCC1)c1cccc(Br)c1. The Balaban J connectivity index is 1.97. The van der Waals surface area contributed by atoms with Crippen LogP contribution in [0.3, 0.4) is 0 Å². The molecule has 1 N–H and O–H groups in total. The molecule has 0 saturated heterocycles. The van der Waals surface area contributed by atoms with E-state index < -0.39 is 0 Å². The lowest BCUT2D eigenvalue weighted by atomic mass is 9.96. The van der Waals surface area contributed by atoms with E-state index >= 15 is 0 Å². The van der Waals surface area contributed by atoms with Crippen molar-refractivity contribution in [3.8, 4) is 0 Å². The second kappa shape index (κ2) is 5.13. The van der Waals surface area contributed by atoms with Crippen LogP contribution in [0.1, 0.15) is 43.8 Å². The third kappa shape index (κ3) is 3.05. The summed E-state index contributed by atoms with van der Waals surface area (Å²) in [4.78, 5) is 0. The lowest BCUT2D eigenvalue weighted by Crippen LogP contribution is -2.04. The van der Waals surface area contributed by atoms with Gasteiger partial charge in [-0.1, -0.05) is 53.7 Å². The van der Waals surface area contributed by atoms with Crippen LogP contribution < -0.4 is 0 Å². The summed E-state index contributed by atoms with van der Waals surface area (Å²) >= 11 is 3.43. The molecule has 0 amide bonds. The first-order valence-corrected chi connectivity index (χ1v) is 6.48. The topological polar surface area (TPSA) is 20.2 Å². The van der Waals surface area contributed by atoms with Gasteiger partial charge in [-0.25, -0.2) is 0 Å². The summed E-state index contributed by atoms with van der Waals surface area (Å²) in [6.45, 7) is 0.